The Balaban J connectivity index is 1.09. The Hall–Kier alpha value is -6.55. The number of likely N-dealkylation sites (N-methyl/N-ethyl adjacent to an activating group) is 1. The average molecular weight is 876 g/mol. The van der Waals surface area contributed by atoms with Crippen LogP contribution in [0.1, 0.15) is 60.3 Å². The first-order valence-corrected chi connectivity index (χ1v) is 20.6. The topological polar surface area (TPSA) is 148 Å². The van der Waals surface area contributed by atoms with Gasteiger partial charge in [-0.1, -0.05) is 77.8 Å². The van der Waals surface area contributed by atoms with Crippen LogP contribution in [0.5, 0.6) is 11.5 Å². The van der Waals surface area contributed by atoms with Gasteiger partial charge < -0.3 is 29.2 Å². The summed E-state index contributed by atoms with van der Waals surface area (Å²) >= 11 is 12.2. The van der Waals surface area contributed by atoms with Crippen LogP contribution >= 0.6 is 23.2 Å². The predicted octanol–water partition coefficient (Wildman–Crippen LogP) is 8.77. The van der Waals surface area contributed by atoms with E-state index in [-0.39, 0.29) is 31.9 Å². The number of methoxy groups -OCH3 is 1. The van der Waals surface area contributed by atoms with Gasteiger partial charge in [-0.25, -0.2) is 9.59 Å². The van der Waals surface area contributed by atoms with Crippen molar-refractivity contribution < 1.29 is 38.1 Å². The number of carbonyl (C=O) groups excluding carboxylic acids is 4. The number of hydrogen-bond acceptors (Lipinski definition) is 9. The number of carbonyl (C=O) groups is 4. The molecule has 5 aromatic carbocycles. The van der Waals surface area contributed by atoms with E-state index in [4.69, 9.17) is 47.4 Å². The fourth-order valence-electron chi connectivity index (χ4n) is 7.33. The van der Waals surface area contributed by atoms with E-state index in [1.165, 1.54) is 16.9 Å². The number of fused-ring (bicyclic) bond motifs is 2. The van der Waals surface area contributed by atoms with Crippen LogP contribution in [0.3, 0.4) is 0 Å². The van der Waals surface area contributed by atoms with Gasteiger partial charge in [0.2, 0.25) is 12.0 Å². The van der Waals surface area contributed by atoms with Crippen molar-refractivity contribution in [3.05, 3.63) is 147 Å². The number of ether oxygens (including phenoxy) is 4. The summed E-state index contributed by atoms with van der Waals surface area (Å²) in [7, 11) is 2.91. The number of halogens is 2. The van der Waals surface area contributed by atoms with Gasteiger partial charge in [-0.15, -0.1) is 0 Å². The van der Waals surface area contributed by atoms with E-state index in [1.54, 1.807) is 88.5 Å². The molecule has 7 rings (SSSR count). The molecular formula is C48H44Cl2N4O8. The highest BCUT2D eigenvalue weighted by Gasteiger charge is 2.41. The Kier molecular flexibility index (Phi) is 12.8. The molecule has 62 heavy (non-hydrogen) atoms. The highest BCUT2D eigenvalue weighted by Crippen LogP contribution is 2.42. The van der Waals surface area contributed by atoms with Crippen molar-refractivity contribution in [2.24, 2.45) is 0 Å². The van der Waals surface area contributed by atoms with Crippen LogP contribution in [0, 0.1) is 11.3 Å². The molecule has 0 bridgehead atoms. The minimum absolute atomic E-state index is 0.00807. The SMILES string of the molecule is COC(=O)[C@H](Cc1ccc(-c2ccc(C#N)cc2)cc1)NC(=O)C1Cc2cc3c(cc2CN1C(=O)OC(C)(C)C)OC(c1ccc(OCc2ccc(Cl)c(Cl)c2)cc1)C(=O)N3C. The first-order valence-electron chi connectivity index (χ1n) is 19.8. The number of nitriles is 1. The Morgan fingerprint density at radius 2 is 1.55 bits per heavy atom. The molecule has 14 heteroatoms. The van der Waals surface area contributed by atoms with E-state index in [9.17, 15) is 19.2 Å². The number of amides is 3. The largest absolute Gasteiger partial charge is 0.489 e. The molecule has 2 aliphatic heterocycles. The van der Waals surface area contributed by atoms with E-state index in [0.29, 0.717) is 43.9 Å². The van der Waals surface area contributed by atoms with Crippen LogP contribution in [0.2, 0.25) is 10.0 Å². The van der Waals surface area contributed by atoms with Crippen molar-refractivity contribution in [1.29, 1.82) is 5.26 Å². The molecule has 1 N–H and O–H groups in total. The first kappa shape index (κ1) is 43.5. The molecule has 2 heterocycles. The molecule has 0 radical (unpaired) electrons. The lowest BCUT2D eigenvalue weighted by Gasteiger charge is -2.39. The fourth-order valence-corrected chi connectivity index (χ4v) is 7.65. The Morgan fingerprint density at radius 1 is 0.887 bits per heavy atom. The quantitative estimate of drug-likeness (QED) is 0.136. The van der Waals surface area contributed by atoms with Crippen molar-refractivity contribution in [2.45, 2.75) is 70.6 Å². The molecular weight excluding hydrogens is 831 g/mol. The summed E-state index contributed by atoms with van der Waals surface area (Å²) in [6.45, 7) is 5.48. The van der Waals surface area contributed by atoms with Crippen LogP contribution < -0.4 is 19.7 Å². The van der Waals surface area contributed by atoms with Gasteiger partial charge in [0.1, 0.15) is 35.8 Å². The predicted molar refractivity (Wildman–Crippen MR) is 234 cm³/mol. The van der Waals surface area contributed by atoms with E-state index in [1.807, 2.05) is 42.5 Å². The Morgan fingerprint density at radius 3 is 2.18 bits per heavy atom. The molecule has 0 fully saturated rings. The number of nitrogens with zero attached hydrogens (tertiary/aromatic N) is 3. The maximum Gasteiger partial charge on any atom is 0.411 e. The number of esters is 1. The summed E-state index contributed by atoms with van der Waals surface area (Å²) in [5, 5.41) is 12.9. The lowest BCUT2D eigenvalue weighted by molar-refractivity contribution is -0.145. The number of anilines is 1. The van der Waals surface area contributed by atoms with Crippen molar-refractivity contribution in [2.75, 3.05) is 19.1 Å². The number of rotatable bonds is 10. The smallest absolute Gasteiger partial charge is 0.411 e. The standard InChI is InChI=1S/C48H44Cl2N4O8/c1-48(2,3)62-47(58)54-26-35-24-42-40(53(4)45(56)43(61-42)33-15-17-36(18-16-33)60-27-30-10-19-37(49)38(50)20-30)22-34(35)23-41(54)44(55)52-39(46(57)59-5)21-28-6-11-31(12-7-28)32-13-8-29(25-51)9-14-32/h6-20,22,24,39,41,43H,21,23,26-27H2,1-5H3,(H,52,55)/t39-,41?,43?/m0/s1. The first-order chi connectivity index (χ1) is 29.6. The molecule has 3 amide bonds. The lowest BCUT2D eigenvalue weighted by atomic mass is 9.91. The second kappa shape index (κ2) is 18.2. The summed E-state index contributed by atoms with van der Waals surface area (Å²) in [4.78, 5) is 57.9. The van der Waals surface area contributed by atoms with Crippen molar-refractivity contribution in [3.8, 4) is 28.7 Å². The molecule has 5 aromatic rings. The van der Waals surface area contributed by atoms with Gasteiger partial charge in [-0.2, -0.15) is 5.26 Å². The van der Waals surface area contributed by atoms with Crippen LogP contribution in [0.25, 0.3) is 11.1 Å². The zero-order valence-corrected chi connectivity index (χ0v) is 36.3. The van der Waals surface area contributed by atoms with Crippen LogP contribution in [0.4, 0.5) is 10.5 Å². The lowest BCUT2D eigenvalue weighted by Crippen LogP contribution is -2.56. The molecule has 2 aliphatic rings. The van der Waals surface area contributed by atoms with E-state index in [2.05, 4.69) is 11.4 Å². The minimum atomic E-state index is -1.07. The summed E-state index contributed by atoms with van der Waals surface area (Å²) in [6.07, 6.45) is -1.48. The van der Waals surface area contributed by atoms with Crippen LogP contribution in [-0.2, 0) is 49.9 Å². The monoisotopic (exact) mass is 874 g/mol. The minimum Gasteiger partial charge on any atom is -0.489 e. The highest BCUT2D eigenvalue weighted by atomic mass is 35.5. The summed E-state index contributed by atoms with van der Waals surface area (Å²) < 4.78 is 23.2. The average Bonchev–Trinajstić information content (AvgIpc) is 3.26. The zero-order chi connectivity index (χ0) is 44.3. The van der Waals surface area contributed by atoms with E-state index in [0.717, 1.165) is 27.8 Å². The molecule has 318 valence electrons. The highest BCUT2D eigenvalue weighted by molar-refractivity contribution is 6.42. The van der Waals surface area contributed by atoms with Crippen LogP contribution in [0.15, 0.2) is 103 Å². The second-order valence-corrected chi connectivity index (χ2v) is 16.9. The second-order valence-electron chi connectivity index (χ2n) is 16.1. The fraction of sp³-hybridized carbons (Fsp3) is 0.271. The van der Waals surface area contributed by atoms with E-state index < -0.39 is 41.8 Å². The van der Waals surface area contributed by atoms with Gasteiger partial charge in [0, 0.05) is 25.5 Å². The molecule has 3 atom stereocenters. The number of benzene rings is 5. The van der Waals surface area contributed by atoms with Crippen molar-refractivity contribution >= 4 is 52.8 Å². The molecule has 0 spiro atoms. The maximum absolute atomic E-state index is 14.3. The Labute approximate surface area is 369 Å². The van der Waals surface area contributed by atoms with Gasteiger partial charge in [0.15, 0.2) is 0 Å². The third-order valence-corrected chi connectivity index (χ3v) is 11.4. The van der Waals surface area contributed by atoms with Gasteiger partial charge in [-0.3, -0.25) is 14.5 Å². The summed E-state index contributed by atoms with van der Waals surface area (Å²) in [5.74, 6) is -0.513. The third kappa shape index (κ3) is 9.81. The summed E-state index contributed by atoms with van der Waals surface area (Å²) in [5.41, 5.74) is 5.69. The van der Waals surface area contributed by atoms with E-state index >= 15 is 0 Å². The maximum atomic E-state index is 14.3. The van der Waals surface area contributed by atoms with Crippen LogP contribution in [-0.4, -0.2) is 60.6 Å². The Bertz CT molecular complexity index is 2550. The molecule has 0 aliphatic carbocycles. The molecule has 0 saturated carbocycles. The van der Waals surface area contributed by atoms with Crippen molar-refractivity contribution in [1.82, 2.24) is 10.2 Å². The number of nitrogens with one attached hydrogen (secondary N) is 1. The molecule has 0 aromatic heterocycles. The number of hydrogen-bond donors (Lipinski definition) is 1. The normalized spacial score (nSPS) is 16.2. The van der Waals surface area contributed by atoms with Gasteiger partial charge >= 0.3 is 12.1 Å². The molecule has 12 nitrogen and oxygen atoms in total. The van der Waals surface area contributed by atoms with Crippen molar-refractivity contribution in [3.63, 3.8) is 0 Å². The molecule has 2 unspecified atom stereocenters. The van der Waals surface area contributed by atoms with Gasteiger partial charge in [0.25, 0.3) is 5.91 Å². The van der Waals surface area contributed by atoms with Gasteiger partial charge in [-0.05, 0) is 103 Å². The zero-order valence-electron chi connectivity index (χ0n) is 34.7. The van der Waals surface area contributed by atoms with Gasteiger partial charge in [0.05, 0.1) is 41.0 Å². The molecule has 0 saturated heterocycles. The third-order valence-electron chi connectivity index (χ3n) is 10.6. The summed E-state index contributed by atoms with van der Waals surface area (Å²) in [6, 6.07) is 30.6.